The molecule has 0 aromatic carbocycles. The predicted molar refractivity (Wildman–Crippen MR) is 67.3 cm³/mol. The van der Waals surface area contributed by atoms with Crippen LogP contribution in [0.15, 0.2) is 29.2 Å². The third-order valence-corrected chi connectivity index (χ3v) is 2.76. The average Bonchev–Trinajstić information content (AvgIpc) is 2.73. The molecule has 2 aromatic rings. The molecule has 98 valence electrons. The monoisotopic (exact) mass is 259 g/mol. The number of fused-ring (bicyclic) bond motifs is 1. The van der Waals surface area contributed by atoms with Crippen LogP contribution >= 0.6 is 0 Å². The Kier molecular flexibility index (Phi) is 3.61. The SMILES string of the molecule is CN(CCC#N)C(=O)Cn1nc2ccccn2c1=O. The van der Waals surface area contributed by atoms with E-state index in [1.54, 1.807) is 31.4 Å². The average molecular weight is 259 g/mol. The van der Waals surface area contributed by atoms with Crippen molar-refractivity contribution >= 4 is 11.6 Å². The van der Waals surface area contributed by atoms with Gasteiger partial charge in [0, 0.05) is 19.8 Å². The Balaban J connectivity index is 2.18. The van der Waals surface area contributed by atoms with Crippen molar-refractivity contribution < 1.29 is 4.79 Å². The quantitative estimate of drug-likeness (QED) is 0.765. The van der Waals surface area contributed by atoms with E-state index in [-0.39, 0.29) is 24.6 Å². The molecule has 1 amide bonds. The van der Waals surface area contributed by atoms with Crippen molar-refractivity contribution in [3.05, 3.63) is 34.9 Å². The number of hydrogen-bond acceptors (Lipinski definition) is 4. The standard InChI is InChI=1S/C12H13N5O2/c1-15(7-4-6-13)11(18)9-17-12(19)16-8-3-2-5-10(16)14-17/h2-3,5,8H,4,7,9H2,1H3. The maximum atomic E-state index is 11.9. The van der Waals surface area contributed by atoms with Crippen molar-refractivity contribution in [2.75, 3.05) is 13.6 Å². The third kappa shape index (κ3) is 2.63. The fraction of sp³-hybridized carbons (Fsp3) is 0.333. The number of likely N-dealkylation sites (N-methyl/N-ethyl adjacent to an activating group) is 1. The van der Waals surface area contributed by atoms with Crippen molar-refractivity contribution in [1.82, 2.24) is 19.1 Å². The largest absolute Gasteiger partial charge is 0.350 e. The number of rotatable bonds is 4. The van der Waals surface area contributed by atoms with Gasteiger partial charge in [-0.3, -0.25) is 9.20 Å². The number of aromatic nitrogens is 3. The first-order valence-corrected chi connectivity index (χ1v) is 5.78. The lowest BCUT2D eigenvalue weighted by Gasteiger charge is -2.14. The van der Waals surface area contributed by atoms with Crippen LogP contribution in [0.4, 0.5) is 0 Å². The van der Waals surface area contributed by atoms with Gasteiger partial charge in [-0.25, -0.2) is 9.48 Å². The van der Waals surface area contributed by atoms with E-state index >= 15 is 0 Å². The minimum atomic E-state index is -0.349. The minimum Gasteiger partial charge on any atom is -0.343 e. The van der Waals surface area contributed by atoms with E-state index in [9.17, 15) is 9.59 Å². The molecule has 0 radical (unpaired) electrons. The highest BCUT2D eigenvalue weighted by Gasteiger charge is 2.13. The fourth-order valence-electron chi connectivity index (χ4n) is 1.66. The lowest BCUT2D eigenvalue weighted by atomic mass is 10.4. The van der Waals surface area contributed by atoms with Gasteiger partial charge in [-0.15, -0.1) is 5.10 Å². The van der Waals surface area contributed by atoms with Gasteiger partial charge in [-0.05, 0) is 12.1 Å². The number of amides is 1. The highest BCUT2D eigenvalue weighted by Crippen LogP contribution is 1.96. The Morgan fingerprint density at radius 3 is 3.00 bits per heavy atom. The van der Waals surface area contributed by atoms with Crippen LogP contribution in [0.3, 0.4) is 0 Å². The van der Waals surface area contributed by atoms with Crippen LogP contribution in [-0.2, 0) is 11.3 Å². The van der Waals surface area contributed by atoms with Gasteiger partial charge in [-0.1, -0.05) is 6.07 Å². The number of nitrogens with zero attached hydrogens (tertiary/aromatic N) is 5. The van der Waals surface area contributed by atoms with Crippen molar-refractivity contribution in [3.63, 3.8) is 0 Å². The normalized spacial score (nSPS) is 10.3. The zero-order valence-corrected chi connectivity index (χ0v) is 10.5. The summed E-state index contributed by atoms with van der Waals surface area (Å²) in [4.78, 5) is 25.2. The lowest BCUT2D eigenvalue weighted by molar-refractivity contribution is -0.130. The Labute approximate surface area is 109 Å². The zero-order chi connectivity index (χ0) is 13.8. The van der Waals surface area contributed by atoms with Crippen LogP contribution in [0, 0.1) is 11.3 Å². The van der Waals surface area contributed by atoms with Crippen LogP contribution in [-0.4, -0.2) is 38.6 Å². The fourth-order valence-corrected chi connectivity index (χ4v) is 1.66. The molecule has 0 bridgehead atoms. The zero-order valence-electron chi connectivity index (χ0n) is 10.5. The second-order valence-corrected chi connectivity index (χ2v) is 4.09. The van der Waals surface area contributed by atoms with E-state index in [1.165, 1.54) is 9.30 Å². The second-order valence-electron chi connectivity index (χ2n) is 4.09. The molecule has 0 saturated heterocycles. The molecular weight excluding hydrogens is 246 g/mol. The molecule has 2 aromatic heterocycles. The van der Waals surface area contributed by atoms with Crippen molar-refractivity contribution in [2.45, 2.75) is 13.0 Å². The molecule has 7 heteroatoms. The van der Waals surface area contributed by atoms with E-state index in [4.69, 9.17) is 5.26 Å². The summed E-state index contributed by atoms with van der Waals surface area (Å²) in [6.07, 6.45) is 1.87. The third-order valence-electron chi connectivity index (χ3n) is 2.76. The van der Waals surface area contributed by atoms with Crippen molar-refractivity contribution in [1.29, 1.82) is 5.26 Å². The Bertz CT molecular complexity index is 694. The van der Waals surface area contributed by atoms with Gasteiger partial charge in [0.1, 0.15) is 6.54 Å². The lowest BCUT2D eigenvalue weighted by Crippen LogP contribution is -2.34. The molecule has 19 heavy (non-hydrogen) atoms. The highest BCUT2D eigenvalue weighted by atomic mass is 16.2. The van der Waals surface area contributed by atoms with E-state index in [0.717, 1.165) is 4.68 Å². The molecule has 0 aliphatic heterocycles. The van der Waals surface area contributed by atoms with Crippen LogP contribution in [0.25, 0.3) is 5.65 Å². The van der Waals surface area contributed by atoms with Crippen LogP contribution < -0.4 is 5.69 Å². The molecule has 0 unspecified atom stereocenters. The highest BCUT2D eigenvalue weighted by molar-refractivity contribution is 5.75. The van der Waals surface area contributed by atoms with Gasteiger partial charge < -0.3 is 4.90 Å². The number of hydrogen-bond donors (Lipinski definition) is 0. The molecule has 0 aliphatic rings. The molecule has 7 nitrogen and oxygen atoms in total. The Morgan fingerprint density at radius 1 is 1.53 bits per heavy atom. The molecule has 0 aliphatic carbocycles. The summed E-state index contributed by atoms with van der Waals surface area (Å²) in [7, 11) is 1.60. The van der Waals surface area contributed by atoms with E-state index in [1.807, 2.05) is 6.07 Å². The molecule has 0 saturated carbocycles. The van der Waals surface area contributed by atoms with Gasteiger partial charge in [0.15, 0.2) is 5.65 Å². The Morgan fingerprint density at radius 2 is 2.32 bits per heavy atom. The number of carbonyl (C=O) groups is 1. The van der Waals surface area contributed by atoms with Crippen LogP contribution in [0.5, 0.6) is 0 Å². The summed E-state index contributed by atoms with van der Waals surface area (Å²) in [5.74, 6) is -0.249. The van der Waals surface area contributed by atoms with Gasteiger partial charge in [0.2, 0.25) is 5.91 Å². The van der Waals surface area contributed by atoms with Crippen LogP contribution in [0.1, 0.15) is 6.42 Å². The topological polar surface area (TPSA) is 83.4 Å². The summed E-state index contributed by atoms with van der Waals surface area (Å²) in [6, 6.07) is 7.16. The first kappa shape index (κ1) is 12.8. The Hall–Kier alpha value is -2.62. The van der Waals surface area contributed by atoms with E-state index < -0.39 is 0 Å². The first-order chi connectivity index (χ1) is 9.13. The molecule has 0 spiro atoms. The molecule has 0 atom stereocenters. The predicted octanol–water partition coefficient (Wildman–Crippen LogP) is -0.132. The summed E-state index contributed by atoms with van der Waals surface area (Å²) in [6.45, 7) is 0.222. The van der Waals surface area contributed by atoms with Crippen molar-refractivity contribution in [3.8, 4) is 6.07 Å². The number of carbonyl (C=O) groups excluding carboxylic acids is 1. The molecule has 2 rings (SSSR count). The van der Waals surface area contributed by atoms with E-state index in [2.05, 4.69) is 5.10 Å². The maximum absolute atomic E-state index is 11.9. The second kappa shape index (κ2) is 5.35. The van der Waals surface area contributed by atoms with Crippen LogP contribution in [0.2, 0.25) is 0 Å². The first-order valence-electron chi connectivity index (χ1n) is 5.78. The molecule has 0 N–H and O–H groups in total. The summed E-state index contributed by atoms with van der Waals surface area (Å²) in [5, 5.41) is 12.5. The van der Waals surface area contributed by atoms with Gasteiger partial charge in [-0.2, -0.15) is 5.26 Å². The molecule has 2 heterocycles. The number of pyridine rings is 1. The molecule has 0 fully saturated rings. The molecular formula is C12H13N5O2. The minimum absolute atomic E-state index is 0.123. The summed E-state index contributed by atoms with van der Waals surface area (Å²) in [5.41, 5.74) is 0.151. The number of nitriles is 1. The maximum Gasteiger partial charge on any atom is 0.350 e. The smallest absolute Gasteiger partial charge is 0.343 e. The van der Waals surface area contributed by atoms with Gasteiger partial charge in [0.05, 0.1) is 12.5 Å². The summed E-state index contributed by atoms with van der Waals surface area (Å²) < 4.78 is 2.50. The van der Waals surface area contributed by atoms with Gasteiger partial charge >= 0.3 is 5.69 Å². The summed E-state index contributed by atoms with van der Waals surface area (Å²) >= 11 is 0. The van der Waals surface area contributed by atoms with Gasteiger partial charge in [0.25, 0.3) is 0 Å². The van der Waals surface area contributed by atoms with E-state index in [0.29, 0.717) is 12.2 Å². The van der Waals surface area contributed by atoms with Crippen molar-refractivity contribution in [2.24, 2.45) is 0 Å².